The third kappa shape index (κ3) is 2.12. The first-order valence-electron chi connectivity index (χ1n) is 5.60. The Morgan fingerprint density at radius 3 is 2.50 bits per heavy atom. The zero-order valence-electron chi connectivity index (χ0n) is 10.2. The smallest absolute Gasteiger partial charge is 0.338 e. The number of hydrogen-bond donors (Lipinski definition) is 1. The molecule has 0 heterocycles. The average Bonchev–Trinajstić information content (AvgIpc) is 2.32. The van der Waals surface area contributed by atoms with Crippen LogP contribution >= 0.6 is 0 Å². The molecule has 0 aliphatic heterocycles. The molecular weight excluding hydrogens is 231 g/mol. The topological polar surface area (TPSA) is 37.3 Å². The molecule has 2 aromatic carbocycles. The molecule has 0 aliphatic carbocycles. The van der Waals surface area contributed by atoms with E-state index < -0.39 is 11.8 Å². The molecule has 0 saturated carbocycles. The van der Waals surface area contributed by atoms with Gasteiger partial charge in [-0.2, -0.15) is 0 Å². The summed E-state index contributed by atoms with van der Waals surface area (Å²) in [7, 11) is 0. The fourth-order valence-corrected chi connectivity index (χ4v) is 1.92. The molecule has 18 heavy (non-hydrogen) atoms. The highest BCUT2D eigenvalue weighted by atomic mass is 19.1. The first kappa shape index (κ1) is 12.3. The van der Waals surface area contributed by atoms with Gasteiger partial charge < -0.3 is 5.11 Å². The van der Waals surface area contributed by atoms with Crippen LogP contribution in [0, 0.1) is 19.7 Å². The first-order valence-corrected chi connectivity index (χ1v) is 5.60. The lowest BCUT2D eigenvalue weighted by Crippen LogP contribution is -2.00. The van der Waals surface area contributed by atoms with E-state index in [-0.39, 0.29) is 5.56 Å². The van der Waals surface area contributed by atoms with Crippen molar-refractivity contribution < 1.29 is 14.3 Å². The van der Waals surface area contributed by atoms with Gasteiger partial charge >= 0.3 is 5.97 Å². The van der Waals surface area contributed by atoms with Crippen LogP contribution in [0.15, 0.2) is 36.4 Å². The Labute approximate surface area is 105 Å². The maximum absolute atomic E-state index is 13.6. The fraction of sp³-hybridized carbons (Fsp3) is 0.133. The number of halogens is 1. The van der Waals surface area contributed by atoms with Crippen molar-refractivity contribution in [2.24, 2.45) is 0 Å². The van der Waals surface area contributed by atoms with E-state index in [0.29, 0.717) is 5.56 Å². The predicted octanol–water partition coefficient (Wildman–Crippen LogP) is 3.81. The summed E-state index contributed by atoms with van der Waals surface area (Å²) in [6, 6.07) is 9.99. The van der Waals surface area contributed by atoms with E-state index in [9.17, 15) is 9.18 Å². The minimum atomic E-state index is -1.25. The van der Waals surface area contributed by atoms with Gasteiger partial charge in [-0.15, -0.1) is 0 Å². The Hall–Kier alpha value is -2.16. The average molecular weight is 244 g/mol. The van der Waals surface area contributed by atoms with E-state index in [1.165, 1.54) is 12.1 Å². The lowest BCUT2D eigenvalue weighted by molar-refractivity contribution is 0.0692. The molecule has 0 amide bonds. The van der Waals surface area contributed by atoms with E-state index in [0.717, 1.165) is 16.7 Å². The summed E-state index contributed by atoms with van der Waals surface area (Å²) < 4.78 is 13.6. The Morgan fingerprint density at radius 2 is 1.89 bits per heavy atom. The molecule has 1 N–H and O–H groups in total. The van der Waals surface area contributed by atoms with E-state index in [1.54, 1.807) is 6.07 Å². The molecule has 2 aromatic rings. The van der Waals surface area contributed by atoms with Crippen LogP contribution in [0.4, 0.5) is 4.39 Å². The molecule has 0 atom stereocenters. The summed E-state index contributed by atoms with van der Waals surface area (Å²) >= 11 is 0. The van der Waals surface area contributed by atoms with Gasteiger partial charge in [0, 0.05) is 0 Å². The van der Waals surface area contributed by atoms with Gasteiger partial charge in [0.05, 0.1) is 5.56 Å². The first-order chi connectivity index (χ1) is 8.50. The lowest BCUT2D eigenvalue weighted by Gasteiger charge is -2.09. The molecule has 2 nitrogen and oxygen atoms in total. The van der Waals surface area contributed by atoms with Crippen molar-refractivity contribution in [3.63, 3.8) is 0 Å². The summed E-state index contributed by atoms with van der Waals surface area (Å²) in [6.07, 6.45) is 0. The maximum Gasteiger partial charge on any atom is 0.338 e. The highest BCUT2D eigenvalue weighted by Crippen LogP contribution is 2.26. The van der Waals surface area contributed by atoms with Crippen LogP contribution in [-0.4, -0.2) is 11.1 Å². The van der Waals surface area contributed by atoms with Crippen molar-refractivity contribution in [3.05, 3.63) is 58.9 Å². The summed E-state index contributed by atoms with van der Waals surface area (Å²) in [5.41, 5.74) is 3.50. The second kappa shape index (κ2) is 4.61. The second-order valence-corrected chi connectivity index (χ2v) is 4.25. The zero-order valence-corrected chi connectivity index (χ0v) is 10.2. The van der Waals surface area contributed by atoms with E-state index in [4.69, 9.17) is 5.11 Å². The van der Waals surface area contributed by atoms with E-state index in [2.05, 4.69) is 0 Å². The van der Waals surface area contributed by atoms with Crippen LogP contribution in [0.25, 0.3) is 11.1 Å². The standard InChI is InChI=1S/C15H13FO2/c1-9-4-3-5-12(10(9)2)11-6-7-13(15(17)18)14(16)8-11/h3-8H,1-2H3,(H,17,18). The van der Waals surface area contributed by atoms with Crippen molar-refractivity contribution in [2.45, 2.75) is 13.8 Å². The van der Waals surface area contributed by atoms with Gasteiger partial charge in [-0.25, -0.2) is 9.18 Å². The van der Waals surface area contributed by atoms with Gasteiger partial charge in [0.1, 0.15) is 5.82 Å². The number of aromatic carboxylic acids is 1. The number of hydrogen-bond acceptors (Lipinski definition) is 1. The maximum atomic E-state index is 13.6. The van der Waals surface area contributed by atoms with Crippen molar-refractivity contribution in [3.8, 4) is 11.1 Å². The number of rotatable bonds is 2. The third-order valence-corrected chi connectivity index (χ3v) is 3.12. The molecule has 2 rings (SSSR count). The van der Waals surface area contributed by atoms with Crippen LogP contribution in [0.2, 0.25) is 0 Å². The van der Waals surface area contributed by atoms with Crippen LogP contribution in [0.5, 0.6) is 0 Å². The van der Waals surface area contributed by atoms with Crippen LogP contribution in [0.1, 0.15) is 21.5 Å². The van der Waals surface area contributed by atoms with Crippen molar-refractivity contribution in [1.82, 2.24) is 0 Å². The highest BCUT2D eigenvalue weighted by Gasteiger charge is 2.12. The summed E-state index contributed by atoms with van der Waals surface area (Å²) in [6.45, 7) is 3.95. The normalized spacial score (nSPS) is 10.4. The van der Waals surface area contributed by atoms with Gasteiger partial charge in [0.15, 0.2) is 0 Å². The largest absolute Gasteiger partial charge is 0.478 e. The molecule has 0 aromatic heterocycles. The summed E-state index contributed by atoms with van der Waals surface area (Å²) in [5, 5.41) is 8.79. The van der Waals surface area contributed by atoms with Crippen LogP contribution in [-0.2, 0) is 0 Å². The monoisotopic (exact) mass is 244 g/mol. The number of carbonyl (C=O) groups is 1. The molecule has 0 aliphatic rings. The van der Waals surface area contributed by atoms with Gasteiger partial charge in [-0.3, -0.25) is 0 Å². The molecule has 0 radical (unpaired) electrons. The van der Waals surface area contributed by atoms with Crippen molar-refractivity contribution >= 4 is 5.97 Å². The number of carboxylic acid groups (broad SMARTS) is 1. The van der Waals surface area contributed by atoms with Crippen molar-refractivity contribution in [2.75, 3.05) is 0 Å². The third-order valence-electron chi connectivity index (χ3n) is 3.12. The minimum Gasteiger partial charge on any atom is -0.478 e. The zero-order chi connectivity index (χ0) is 13.3. The van der Waals surface area contributed by atoms with Gasteiger partial charge in [0.25, 0.3) is 0 Å². The molecule has 0 fully saturated rings. The molecule has 0 spiro atoms. The molecule has 3 heteroatoms. The SMILES string of the molecule is Cc1cccc(-c2ccc(C(=O)O)c(F)c2)c1C. The van der Waals surface area contributed by atoms with Gasteiger partial charge in [-0.1, -0.05) is 24.3 Å². The Balaban J connectivity index is 2.56. The van der Waals surface area contributed by atoms with Crippen LogP contribution < -0.4 is 0 Å². The lowest BCUT2D eigenvalue weighted by atomic mass is 9.96. The fourth-order valence-electron chi connectivity index (χ4n) is 1.92. The summed E-state index contributed by atoms with van der Waals surface area (Å²) in [5.74, 6) is -1.96. The second-order valence-electron chi connectivity index (χ2n) is 4.25. The summed E-state index contributed by atoms with van der Waals surface area (Å²) in [4.78, 5) is 10.8. The number of carboxylic acids is 1. The Kier molecular flexibility index (Phi) is 3.15. The predicted molar refractivity (Wildman–Crippen MR) is 68.3 cm³/mol. The molecule has 0 saturated heterocycles. The molecular formula is C15H13FO2. The van der Waals surface area contributed by atoms with E-state index >= 15 is 0 Å². The highest BCUT2D eigenvalue weighted by molar-refractivity contribution is 5.88. The quantitative estimate of drug-likeness (QED) is 0.872. The Morgan fingerprint density at radius 1 is 1.17 bits per heavy atom. The minimum absolute atomic E-state index is 0.302. The van der Waals surface area contributed by atoms with E-state index in [1.807, 2.05) is 32.0 Å². The molecule has 0 unspecified atom stereocenters. The number of benzene rings is 2. The van der Waals surface area contributed by atoms with Gasteiger partial charge in [0.2, 0.25) is 0 Å². The Bertz CT molecular complexity index is 618. The van der Waals surface area contributed by atoms with Gasteiger partial charge in [-0.05, 0) is 48.2 Å². The number of aryl methyl sites for hydroxylation is 1. The molecule has 0 bridgehead atoms. The molecule has 92 valence electrons. The van der Waals surface area contributed by atoms with Crippen molar-refractivity contribution in [1.29, 1.82) is 0 Å². The van der Waals surface area contributed by atoms with Crippen LogP contribution in [0.3, 0.4) is 0 Å².